The van der Waals surface area contributed by atoms with Crippen molar-refractivity contribution in [1.82, 2.24) is 0 Å². The number of aryl methyl sites for hydroxylation is 1. The molecule has 0 aliphatic rings. The van der Waals surface area contributed by atoms with Gasteiger partial charge in [0.2, 0.25) is 0 Å². The molecule has 33 heavy (non-hydrogen) atoms. The minimum Gasteiger partial charge on any atom is -0.203 e. The van der Waals surface area contributed by atoms with E-state index >= 15 is 0 Å². The van der Waals surface area contributed by atoms with E-state index in [-0.39, 0.29) is 4.90 Å². The van der Waals surface area contributed by atoms with Gasteiger partial charge in [-0.15, -0.1) is 0 Å². The Morgan fingerprint density at radius 1 is 0.515 bits per heavy atom. The highest BCUT2D eigenvalue weighted by Crippen LogP contribution is 2.70. The van der Waals surface area contributed by atoms with Gasteiger partial charge in [-0.2, -0.15) is 8.42 Å². The highest BCUT2D eigenvalue weighted by Gasteiger charge is 2.38. The summed E-state index contributed by atoms with van der Waals surface area (Å²) in [5, 5.41) is 0. The molecule has 0 heterocycles. The minimum atomic E-state index is -4.11. The van der Waals surface area contributed by atoms with Crippen LogP contribution in [0.4, 0.5) is 0 Å². The zero-order chi connectivity index (χ0) is 23.6. The zero-order valence-corrected chi connectivity index (χ0v) is 23.8. The van der Waals surface area contributed by atoms with Crippen LogP contribution in [-0.4, -0.2) is 8.42 Å². The molecule has 4 rings (SSSR count). The van der Waals surface area contributed by atoms with Crippen molar-refractivity contribution in [2.75, 3.05) is 0 Å². The Kier molecular flexibility index (Phi) is 7.53. The van der Waals surface area contributed by atoms with Crippen molar-refractivity contribution in [1.29, 1.82) is 0 Å². The van der Waals surface area contributed by atoms with Gasteiger partial charge < -0.3 is 0 Å². The van der Waals surface area contributed by atoms with Gasteiger partial charge in [0, 0.05) is 28.1 Å². The normalized spacial score (nSPS) is 12.5. The SMILES string of the molecule is Cc1ccc(S(=O)(=O)OS(c2ccc(Br)cc2)(c2ccc(Br)cc2)c2ccc(Br)cc2)cc1. The molecule has 0 radical (unpaired) electrons. The number of halogens is 3. The fourth-order valence-corrected chi connectivity index (χ4v) is 9.25. The molecule has 0 atom stereocenters. The average Bonchev–Trinajstić information content (AvgIpc) is 2.79. The largest absolute Gasteiger partial charge is 0.307 e. The summed E-state index contributed by atoms with van der Waals surface area (Å²) < 4.78 is 36.3. The summed E-state index contributed by atoms with van der Waals surface area (Å²) >= 11 is 10.5. The molecule has 4 aromatic carbocycles. The summed E-state index contributed by atoms with van der Waals surface area (Å²) in [7, 11) is -6.76. The van der Waals surface area contributed by atoms with Crippen molar-refractivity contribution in [3.8, 4) is 0 Å². The van der Waals surface area contributed by atoms with Crippen LogP contribution in [0, 0.1) is 6.92 Å². The maximum absolute atomic E-state index is 13.7. The topological polar surface area (TPSA) is 43.4 Å². The molecule has 0 fully saturated rings. The number of hydrogen-bond acceptors (Lipinski definition) is 3. The molecule has 0 N–H and O–H groups in total. The standard InChI is InChI=1S/C25H19Br3O3S2/c1-18-2-10-25(11-3-18)33(29,30)31-32(22-12-4-19(26)5-13-22,23-14-6-20(27)7-15-23)24-16-8-21(28)9-17-24/h2-17H,1H3. The van der Waals surface area contributed by atoms with Crippen molar-refractivity contribution in [2.45, 2.75) is 26.5 Å². The van der Waals surface area contributed by atoms with Crippen LogP contribution in [-0.2, 0) is 13.7 Å². The maximum Gasteiger partial charge on any atom is 0.307 e. The maximum atomic E-state index is 13.7. The van der Waals surface area contributed by atoms with Crippen LogP contribution in [0.2, 0.25) is 0 Å². The molecule has 0 saturated carbocycles. The molecule has 0 spiro atoms. The highest BCUT2D eigenvalue weighted by atomic mass is 79.9. The molecular weight excluding hydrogens is 652 g/mol. The van der Waals surface area contributed by atoms with Gasteiger partial charge in [0.15, 0.2) is 0 Å². The second-order valence-corrected chi connectivity index (χ2v) is 14.5. The lowest BCUT2D eigenvalue weighted by molar-refractivity contribution is 0.508. The zero-order valence-electron chi connectivity index (χ0n) is 17.4. The predicted octanol–water partition coefficient (Wildman–Crippen LogP) is 8.88. The first-order valence-corrected chi connectivity index (χ1v) is 15.2. The van der Waals surface area contributed by atoms with E-state index in [0.29, 0.717) is 0 Å². The molecule has 170 valence electrons. The summed E-state index contributed by atoms with van der Waals surface area (Å²) in [6, 6.07) is 29.6. The number of hydrogen-bond donors (Lipinski definition) is 0. The monoisotopic (exact) mass is 668 g/mol. The summed E-state index contributed by atoms with van der Waals surface area (Å²) in [5.41, 5.74) is 0.973. The number of benzene rings is 4. The third kappa shape index (κ3) is 5.31. The van der Waals surface area contributed by atoms with Crippen molar-refractivity contribution in [3.05, 3.63) is 116 Å². The van der Waals surface area contributed by atoms with Crippen molar-refractivity contribution < 1.29 is 12.0 Å². The van der Waals surface area contributed by atoms with Gasteiger partial charge in [0.25, 0.3) is 0 Å². The van der Waals surface area contributed by atoms with Crippen molar-refractivity contribution in [3.63, 3.8) is 0 Å². The first-order valence-electron chi connectivity index (χ1n) is 9.84. The van der Waals surface area contributed by atoms with E-state index in [1.807, 2.05) is 79.7 Å². The average molecular weight is 671 g/mol. The van der Waals surface area contributed by atoms with Gasteiger partial charge in [-0.25, -0.2) is 3.63 Å². The predicted molar refractivity (Wildman–Crippen MR) is 144 cm³/mol. The van der Waals surface area contributed by atoms with Crippen LogP contribution in [0.25, 0.3) is 0 Å². The molecule has 0 aliphatic heterocycles. The van der Waals surface area contributed by atoms with Crippen LogP contribution in [0.15, 0.2) is 130 Å². The van der Waals surface area contributed by atoms with E-state index in [1.165, 1.54) is 0 Å². The molecule has 4 aromatic rings. The Morgan fingerprint density at radius 3 is 1.15 bits per heavy atom. The third-order valence-corrected chi connectivity index (χ3v) is 11.7. The van der Waals surface area contributed by atoms with Crippen LogP contribution < -0.4 is 0 Å². The fourth-order valence-electron chi connectivity index (χ4n) is 3.28. The summed E-state index contributed by atoms with van der Waals surface area (Å²) in [6.45, 7) is 1.91. The van der Waals surface area contributed by atoms with Gasteiger partial charge in [0.1, 0.15) is 0 Å². The van der Waals surface area contributed by atoms with Gasteiger partial charge in [-0.3, -0.25) is 0 Å². The molecular formula is C25H19Br3O3S2. The molecule has 0 bridgehead atoms. The van der Waals surface area contributed by atoms with Gasteiger partial charge >= 0.3 is 10.1 Å². The molecule has 0 amide bonds. The Balaban J connectivity index is 2.02. The third-order valence-electron chi connectivity index (χ3n) is 4.94. The van der Waals surface area contributed by atoms with Crippen LogP contribution >= 0.6 is 58.1 Å². The van der Waals surface area contributed by atoms with Gasteiger partial charge in [0.05, 0.1) is 4.90 Å². The fraction of sp³-hybridized carbons (Fsp3) is 0.0400. The van der Waals surface area contributed by atoms with Crippen LogP contribution in [0.1, 0.15) is 5.56 Å². The Labute approximate surface area is 221 Å². The van der Waals surface area contributed by atoms with E-state index in [1.54, 1.807) is 24.3 Å². The van der Waals surface area contributed by atoms with E-state index in [2.05, 4.69) is 47.8 Å². The number of rotatable bonds is 6. The lowest BCUT2D eigenvalue weighted by Crippen LogP contribution is -2.14. The lowest BCUT2D eigenvalue weighted by Gasteiger charge is -2.39. The molecule has 3 nitrogen and oxygen atoms in total. The minimum absolute atomic E-state index is 0.122. The van der Waals surface area contributed by atoms with Gasteiger partial charge in [-0.1, -0.05) is 65.5 Å². The molecule has 0 aromatic heterocycles. The van der Waals surface area contributed by atoms with Crippen LogP contribution in [0.5, 0.6) is 0 Å². The second-order valence-electron chi connectivity index (χ2n) is 7.25. The smallest absolute Gasteiger partial charge is 0.203 e. The van der Waals surface area contributed by atoms with Crippen molar-refractivity contribution >= 4 is 68.2 Å². The Hall–Kier alpha value is -1.42. The Bertz CT molecular complexity index is 1240. The van der Waals surface area contributed by atoms with E-state index < -0.39 is 20.4 Å². The highest BCUT2D eigenvalue weighted by molar-refractivity contribution is 9.11. The summed E-state index contributed by atoms with van der Waals surface area (Å²) in [4.78, 5) is 2.43. The van der Waals surface area contributed by atoms with Crippen molar-refractivity contribution in [2.24, 2.45) is 0 Å². The molecule has 8 heteroatoms. The first-order chi connectivity index (χ1) is 15.7. The van der Waals surface area contributed by atoms with E-state index in [9.17, 15) is 8.42 Å². The molecule has 0 aliphatic carbocycles. The molecule has 0 unspecified atom stereocenters. The van der Waals surface area contributed by atoms with Crippen LogP contribution in [0.3, 0.4) is 0 Å². The quantitative estimate of drug-likeness (QED) is 0.206. The second kappa shape index (κ2) is 10.1. The Morgan fingerprint density at radius 2 is 0.818 bits per heavy atom. The van der Waals surface area contributed by atoms with E-state index in [0.717, 1.165) is 33.7 Å². The van der Waals surface area contributed by atoms with Gasteiger partial charge in [-0.05, 0) is 102 Å². The molecule has 0 saturated heterocycles. The first kappa shape index (κ1) is 24.7. The van der Waals surface area contributed by atoms with E-state index in [4.69, 9.17) is 3.63 Å². The summed E-state index contributed by atoms with van der Waals surface area (Å²) in [5.74, 6) is 0. The lowest BCUT2D eigenvalue weighted by atomic mass is 10.2. The summed E-state index contributed by atoms with van der Waals surface area (Å²) in [6.07, 6.45) is 0.